The van der Waals surface area contributed by atoms with Crippen LogP contribution in [0.5, 0.6) is 0 Å². The molecule has 0 spiro atoms. The van der Waals surface area contributed by atoms with Crippen molar-refractivity contribution in [2.45, 2.75) is 58.3 Å². The van der Waals surface area contributed by atoms with E-state index in [2.05, 4.69) is 138 Å². The lowest BCUT2D eigenvalue weighted by Crippen LogP contribution is -2.24. The molecule has 2 N–H and O–H groups in total. The third-order valence-electron chi connectivity index (χ3n) is 9.40. The molecule has 2 heteroatoms. The largest absolute Gasteiger partial charge is 0.398 e. The summed E-state index contributed by atoms with van der Waals surface area (Å²) in [6, 6.07) is 26.1. The first-order chi connectivity index (χ1) is 18.6. The van der Waals surface area contributed by atoms with Crippen LogP contribution in [0.4, 0.5) is 11.4 Å². The number of anilines is 2. The zero-order valence-corrected chi connectivity index (χ0v) is 24.2. The highest BCUT2D eigenvalue weighted by Gasteiger charge is 2.46. The van der Waals surface area contributed by atoms with Crippen molar-refractivity contribution in [3.05, 3.63) is 119 Å². The van der Waals surface area contributed by atoms with E-state index in [1.165, 1.54) is 49.6 Å². The summed E-state index contributed by atoms with van der Waals surface area (Å²) in [7, 11) is 2.20. The lowest BCUT2D eigenvalue weighted by atomic mass is 9.74. The maximum Gasteiger partial charge on any atom is 0.0454 e. The van der Waals surface area contributed by atoms with Crippen LogP contribution in [0, 0.1) is 5.92 Å². The fourth-order valence-corrected chi connectivity index (χ4v) is 7.55. The number of nitrogens with zero attached hydrogens (tertiary/aromatic N) is 1. The Morgan fingerprint density at radius 1 is 0.897 bits per heavy atom. The van der Waals surface area contributed by atoms with Gasteiger partial charge in [-0.3, -0.25) is 0 Å². The number of fused-ring (bicyclic) bond motifs is 4. The van der Waals surface area contributed by atoms with Crippen LogP contribution in [0.1, 0.15) is 58.6 Å². The molecule has 0 radical (unpaired) electrons. The van der Waals surface area contributed by atoms with Gasteiger partial charge < -0.3 is 10.6 Å². The van der Waals surface area contributed by atoms with Gasteiger partial charge in [-0.2, -0.15) is 0 Å². The van der Waals surface area contributed by atoms with E-state index in [9.17, 15) is 0 Å². The molecule has 0 amide bonds. The number of hydrogen-bond donors (Lipinski definition) is 1. The summed E-state index contributed by atoms with van der Waals surface area (Å²) < 4.78 is 0. The number of hydrogen-bond acceptors (Lipinski definition) is 2. The topological polar surface area (TPSA) is 29.3 Å². The molecule has 2 nitrogen and oxygen atoms in total. The summed E-state index contributed by atoms with van der Waals surface area (Å²) in [5, 5.41) is 5.21. The quantitative estimate of drug-likeness (QED) is 0.206. The van der Waals surface area contributed by atoms with Gasteiger partial charge in [0.05, 0.1) is 0 Å². The molecule has 0 saturated carbocycles. The molecule has 2 aliphatic rings. The van der Waals surface area contributed by atoms with Crippen molar-refractivity contribution in [1.29, 1.82) is 0 Å². The second-order valence-electron chi connectivity index (χ2n) is 12.5. The summed E-state index contributed by atoms with van der Waals surface area (Å²) >= 11 is 0. The fraction of sp³-hybridized carbons (Fsp3) is 0.297. The number of nitrogen functional groups attached to an aromatic ring is 1. The van der Waals surface area contributed by atoms with Crippen molar-refractivity contribution in [1.82, 2.24) is 0 Å². The van der Waals surface area contributed by atoms with Crippen LogP contribution in [-0.2, 0) is 10.8 Å². The Bertz CT molecular complexity index is 1700. The third kappa shape index (κ3) is 4.00. The summed E-state index contributed by atoms with van der Waals surface area (Å²) in [5.41, 5.74) is 15.9. The zero-order valence-electron chi connectivity index (χ0n) is 24.2. The summed E-state index contributed by atoms with van der Waals surface area (Å²) in [6.45, 7) is 11.8. The number of benzene rings is 4. The van der Waals surface area contributed by atoms with Crippen LogP contribution in [-0.4, -0.2) is 7.05 Å². The molecule has 1 unspecified atom stereocenters. The van der Waals surface area contributed by atoms with Gasteiger partial charge in [0.2, 0.25) is 0 Å². The molecule has 6 rings (SSSR count). The number of nitrogens with two attached hydrogens (primary N) is 1. The lowest BCUT2D eigenvalue weighted by molar-refractivity contribution is 0.466. The predicted molar refractivity (Wildman–Crippen MR) is 169 cm³/mol. The Morgan fingerprint density at radius 3 is 2.28 bits per heavy atom. The Morgan fingerprint density at radius 2 is 1.54 bits per heavy atom. The molecule has 0 fully saturated rings. The normalized spacial score (nSPS) is 19.6. The molecule has 0 bridgehead atoms. The van der Waals surface area contributed by atoms with E-state index in [-0.39, 0.29) is 10.8 Å². The van der Waals surface area contributed by atoms with Crippen LogP contribution in [0.25, 0.3) is 21.5 Å². The lowest BCUT2D eigenvalue weighted by Gasteiger charge is -2.30. The first kappa shape index (κ1) is 25.5. The van der Waals surface area contributed by atoms with E-state index in [4.69, 9.17) is 5.73 Å². The maximum atomic E-state index is 6.58. The van der Waals surface area contributed by atoms with Gasteiger partial charge in [-0.05, 0) is 70.6 Å². The fourth-order valence-electron chi connectivity index (χ4n) is 7.55. The zero-order chi connectivity index (χ0) is 27.5. The molecule has 1 aliphatic carbocycles. The van der Waals surface area contributed by atoms with Crippen LogP contribution in [0.2, 0.25) is 0 Å². The molecule has 4 aromatic carbocycles. The van der Waals surface area contributed by atoms with E-state index >= 15 is 0 Å². The average molecular weight is 513 g/mol. The van der Waals surface area contributed by atoms with Crippen molar-refractivity contribution >= 4 is 32.9 Å². The van der Waals surface area contributed by atoms with Crippen molar-refractivity contribution < 1.29 is 0 Å². The van der Waals surface area contributed by atoms with Gasteiger partial charge >= 0.3 is 0 Å². The molecule has 39 heavy (non-hydrogen) atoms. The van der Waals surface area contributed by atoms with Crippen LogP contribution in [0.3, 0.4) is 0 Å². The molecule has 0 aromatic heterocycles. The van der Waals surface area contributed by atoms with Gasteiger partial charge in [-0.25, -0.2) is 0 Å². The second-order valence-corrected chi connectivity index (χ2v) is 12.5. The first-order valence-electron chi connectivity index (χ1n) is 14.2. The highest BCUT2D eigenvalue weighted by molar-refractivity contribution is 5.95. The van der Waals surface area contributed by atoms with Gasteiger partial charge in [0.1, 0.15) is 0 Å². The number of allylic oxidation sites excluding steroid dienone is 6. The van der Waals surface area contributed by atoms with Gasteiger partial charge in [-0.1, -0.05) is 112 Å². The van der Waals surface area contributed by atoms with Crippen molar-refractivity contribution in [3.63, 3.8) is 0 Å². The SMILES string of the molecule is CC1=C(CCC=CC=C2N(C)c3ccc4ccccc4c3C2(C)C)C1C(C)(C)c1c(N)ccc2ccccc12. The third-order valence-corrected chi connectivity index (χ3v) is 9.40. The van der Waals surface area contributed by atoms with E-state index in [1.54, 1.807) is 5.57 Å². The van der Waals surface area contributed by atoms with E-state index in [1.807, 2.05) is 0 Å². The van der Waals surface area contributed by atoms with Gasteiger partial charge in [0.25, 0.3) is 0 Å². The van der Waals surface area contributed by atoms with Crippen LogP contribution >= 0.6 is 0 Å². The van der Waals surface area contributed by atoms with Crippen molar-refractivity contribution in [3.8, 4) is 0 Å². The Hall–Kier alpha value is -3.78. The molecule has 1 heterocycles. The molecular formula is C37H40N2. The summed E-state index contributed by atoms with van der Waals surface area (Å²) in [6.07, 6.45) is 9.08. The molecule has 0 saturated heterocycles. The Labute approximate surface area is 233 Å². The van der Waals surface area contributed by atoms with E-state index in [0.717, 1.165) is 18.5 Å². The minimum absolute atomic E-state index is 0.0266. The summed E-state index contributed by atoms with van der Waals surface area (Å²) in [4.78, 5) is 2.37. The molecule has 1 atom stereocenters. The summed E-state index contributed by atoms with van der Waals surface area (Å²) in [5.74, 6) is 0.486. The highest BCUT2D eigenvalue weighted by atomic mass is 15.2. The van der Waals surface area contributed by atoms with Crippen LogP contribution < -0.4 is 10.6 Å². The molecule has 1 aliphatic heterocycles. The molecular weight excluding hydrogens is 472 g/mol. The van der Waals surface area contributed by atoms with Crippen molar-refractivity contribution in [2.24, 2.45) is 5.92 Å². The molecule has 198 valence electrons. The second kappa shape index (κ2) is 9.16. The number of likely N-dealkylation sites (N-methyl/N-ethyl adjacent to an activating group) is 1. The average Bonchev–Trinajstić information content (AvgIpc) is 3.53. The highest BCUT2D eigenvalue weighted by Crippen LogP contribution is 2.56. The monoisotopic (exact) mass is 512 g/mol. The number of rotatable bonds is 6. The standard InChI is InChI=1S/C37H40N2/c1-24-27(33(24)37(4,5)34-28-17-12-10-14-25(28)20-22-30(34)38)16-8-7-9-19-32-36(2,3)35-29-18-13-11-15-26(29)21-23-31(35)39(32)6/h7,9-15,17-23,33H,8,16,38H2,1-6H3. The van der Waals surface area contributed by atoms with Crippen LogP contribution in [0.15, 0.2) is 108 Å². The predicted octanol–water partition coefficient (Wildman–Crippen LogP) is 9.45. The smallest absolute Gasteiger partial charge is 0.0454 e. The van der Waals surface area contributed by atoms with Crippen molar-refractivity contribution in [2.75, 3.05) is 17.7 Å². The van der Waals surface area contributed by atoms with Gasteiger partial charge in [0.15, 0.2) is 0 Å². The first-order valence-corrected chi connectivity index (χ1v) is 14.2. The van der Waals surface area contributed by atoms with E-state index < -0.39 is 0 Å². The Balaban J connectivity index is 1.17. The minimum Gasteiger partial charge on any atom is -0.398 e. The van der Waals surface area contributed by atoms with Gasteiger partial charge in [-0.15, -0.1) is 0 Å². The van der Waals surface area contributed by atoms with Gasteiger partial charge in [0, 0.05) is 40.9 Å². The maximum absolute atomic E-state index is 6.58. The van der Waals surface area contributed by atoms with E-state index in [0.29, 0.717) is 5.92 Å². The minimum atomic E-state index is -0.0433. The molecule has 4 aromatic rings. The Kier molecular flexibility index (Phi) is 5.99.